The molecule has 2 aromatic carbocycles. The molecule has 0 aromatic heterocycles. The highest BCUT2D eigenvalue weighted by molar-refractivity contribution is 9.10. The number of rotatable bonds is 2. The van der Waals surface area contributed by atoms with E-state index in [1.165, 1.54) is 0 Å². The highest BCUT2D eigenvalue weighted by Gasteiger charge is 2.17. The van der Waals surface area contributed by atoms with Gasteiger partial charge in [0.1, 0.15) is 11.6 Å². The van der Waals surface area contributed by atoms with Gasteiger partial charge in [-0.05, 0) is 48.7 Å². The summed E-state index contributed by atoms with van der Waals surface area (Å²) in [5.74, 6) is -1.06. The lowest BCUT2D eigenvalue weighted by atomic mass is 10.0. The summed E-state index contributed by atoms with van der Waals surface area (Å²) in [6, 6.07) is 8.35. The molecule has 0 nitrogen and oxygen atoms in total. The van der Waals surface area contributed by atoms with Crippen molar-refractivity contribution in [1.29, 1.82) is 0 Å². The molecule has 1 atom stereocenters. The Morgan fingerprint density at radius 3 is 2.26 bits per heavy atom. The lowest BCUT2D eigenvalue weighted by Gasteiger charge is -2.14. The highest BCUT2D eigenvalue weighted by atomic mass is 79.9. The molecule has 0 aliphatic carbocycles. The van der Waals surface area contributed by atoms with E-state index >= 15 is 0 Å². The Hall–Kier alpha value is -0.740. The molecule has 19 heavy (non-hydrogen) atoms. The van der Waals surface area contributed by atoms with E-state index in [0.717, 1.165) is 21.7 Å². The van der Waals surface area contributed by atoms with Crippen molar-refractivity contribution in [3.63, 3.8) is 0 Å². The summed E-state index contributed by atoms with van der Waals surface area (Å²) in [5.41, 5.74) is 2.88. The van der Waals surface area contributed by atoms with Crippen LogP contribution in [0.2, 0.25) is 0 Å². The monoisotopic (exact) mass is 388 g/mol. The topological polar surface area (TPSA) is 0 Å². The molecule has 2 rings (SSSR count). The molecule has 100 valence electrons. The van der Waals surface area contributed by atoms with Gasteiger partial charge in [-0.15, -0.1) is 0 Å². The summed E-state index contributed by atoms with van der Waals surface area (Å²) < 4.78 is 28.1. The largest absolute Gasteiger partial charge is 0.207 e. The van der Waals surface area contributed by atoms with Gasteiger partial charge in [0.05, 0.1) is 4.83 Å². The average Bonchev–Trinajstić information content (AvgIpc) is 2.31. The van der Waals surface area contributed by atoms with Gasteiger partial charge >= 0.3 is 0 Å². The zero-order valence-electron chi connectivity index (χ0n) is 10.5. The quantitative estimate of drug-likeness (QED) is 0.567. The molecular weight excluding hydrogens is 378 g/mol. The van der Waals surface area contributed by atoms with Crippen LogP contribution in [-0.2, 0) is 0 Å². The van der Waals surface area contributed by atoms with Crippen LogP contribution in [0.25, 0.3) is 0 Å². The predicted octanol–water partition coefficient (Wildman–Crippen LogP) is 5.83. The minimum Gasteiger partial charge on any atom is -0.207 e. The first-order valence-corrected chi connectivity index (χ1v) is 7.46. The minimum atomic E-state index is -0.539. The van der Waals surface area contributed by atoms with Crippen LogP contribution in [0.5, 0.6) is 0 Å². The number of halogens is 4. The van der Waals surface area contributed by atoms with E-state index in [4.69, 9.17) is 0 Å². The smallest absolute Gasteiger partial charge is 0.130 e. The summed E-state index contributed by atoms with van der Waals surface area (Å²) in [4.78, 5) is -0.303. The molecule has 0 N–H and O–H groups in total. The third-order valence-corrected chi connectivity index (χ3v) is 4.39. The standard InChI is InChI=1S/C15H12Br2F2/c1-8-3-10(6-11(16)4-8)15(17)12-5-9(2)13(18)7-14(12)19/h3-7,15H,1-2H3. The summed E-state index contributed by atoms with van der Waals surface area (Å²) in [6.45, 7) is 3.60. The Morgan fingerprint density at radius 2 is 1.63 bits per heavy atom. The molecular formula is C15H12Br2F2. The fourth-order valence-corrected chi connectivity index (χ4v) is 3.20. The molecule has 0 saturated heterocycles. The van der Waals surface area contributed by atoms with Crippen molar-refractivity contribution in [3.8, 4) is 0 Å². The third kappa shape index (κ3) is 3.23. The van der Waals surface area contributed by atoms with Gasteiger partial charge in [0.15, 0.2) is 0 Å². The van der Waals surface area contributed by atoms with Crippen LogP contribution in [0.1, 0.15) is 27.1 Å². The number of benzene rings is 2. The molecule has 0 radical (unpaired) electrons. The molecule has 4 heteroatoms. The molecule has 0 bridgehead atoms. The first kappa shape index (κ1) is 14.7. The SMILES string of the molecule is Cc1cc(Br)cc(C(Br)c2cc(C)c(F)cc2F)c1. The van der Waals surface area contributed by atoms with Gasteiger partial charge in [-0.25, -0.2) is 8.78 Å². The van der Waals surface area contributed by atoms with Gasteiger partial charge in [0.2, 0.25) is 0 Å². The molecule has 0 amide bonds. The zero-order chi connectivity index (χ0) is 14.2. The molecule has 1 unspecified atom stereocenters. The van der Waals surface area contributed by atoms with Gasteiger partial charge < -0.3 is 0 Å². The van der Waals surface area contributed by atoms with Crippen molar-refractivity contribution in [2.75, 3.05) is 0 Å². The molecule has 2 aromatic rings. The van der Waals surface area contributed by atoms with Crippen LogP contribution in [0, 0.1) is 25.5 Å². The van der Waals surface area contributed by atoms with E-state index in [-0.39, 0.29) is 4.83 Å². The maximum atomic E-state index is 13.9. The van der Waals surface area contributed by atoms with Crippen molar-refractivity contribution in [2.24, 2.45) is 0 Å². The van der Waals surface area contributed by atoms with Crippen LogP contribution in [0.15, 0.2) is 34.8 Å². The maximum absolute atomic E-state index is 13.9. The molecule has 0 fully saturated rings. The fraction of sp³-hybridized carbons (Fsp3) is 0.200. The number of hydrogen-bond donors (Lipinski definition) is 0. The van der Waals surface area contributed by atoms with E-state index in [0.29, 0.717) is 11.1 Å². The van der Waals surface area contributed by atoms with Crippen molar-refractivity contribution >= 4 is 31.9 Å². The van der Waals surface area contributed by atoms with E-state index < -0.39 is 11.6 Å². The Balaban J connectivity index is 2.49. The molecule has 0 aliphatic heterocycles. The van der Waals surface area contributed by atoms with Gasteiger partial charge in [0.25, 0.3) is 0 Å². The Kier molecular flexibility index (Phi) is 4.41. The third-order valence-electron chi connectivity index (χ3n) is 2.91. The normalized spacial score (nSPS) is 12.5. The Morgan fingerprint density at radius 1 is 0.947 bits per heavy atom. The first-order chi connectivity index (χ1) is 8.88. The summed E-state index contributed by atoms with van der Waals surface area (Å²) >= 11 is 6.91. The van der Waals surface area contributed by atoms with E-state index in [1.807, 2.05) is 25.1 Å². The summed E-state index contributed by atoms with van der Waals surface area (Å²) in [5, 5.41) is 0. The van der Waals surface area contributed by atoms with Crippen molar-refractivity contribution in [1.82, 2.24) is 0 Å². The molecule has 0 heterocycles. The summed E-state index contributed by atoms with van der Waals surface area (Å²) in [6.07, 6.45) is 0. The Bertz CT molecular complexity index is 604. The number of alkyl halides is 1. The second-order valence-electron chi connectivity index (χ2n) is 4.55. The Labute approximate surface area is 128 Å². The van der Waals surface area contributed by atoms with E-state index in [2.05, 4.69) is 31.9 Å². The van der Waals surface area contributed by atoms with Crippen molar-refractivity contribution in [3.05, 3.63) is 68.7 Å². The minimum absolute atomic E-state index is 0.303. The highest BCUT2D eigenvalue weighted by Crippen LogP contribution is 2.35. The van der Waals surface area contributed by atoms with Gasteiger partial charge in [-0.2, -0.15) is 0 Å². The average molecular weight is 390 g/mol. The predicted molar refractivity (Wildman–Crippen MR) is 80.7 cm³/mol. The lowest BCUT2D eigenvalue weighted by molar-refractivity contribution is 0.569. The molecule has 0 spiro atoms. The van der Waals surface area contributed by atoms with Crippen LogP contribution < -0.4 is 0 Å². The van der Waals surface area contributed by atoms with E-state index in [9.17, 15) is 8.78 Å². The van der Waals surface area contributed by atoms with Crippen LogP contribution in [-0.4, -0.2) is 0 Å². The second-order valence-corrected chi connectivity index (χ2v) is 6.38. The van der Waals surface area contributed by atoms with Gasteiger partial charge in [-0.3, -0.25) is 0 Å². The number of aryl methyl sites for hydroxylation is 2. The van der Waals surface area contributed by atoms with Gasteiger partial charge in [0, 0.05) is 16.1 Å². The first-order valence-electron chi connectivity index (χ1n) is 5.75. The fourth-order valence-electron chi connectivity index (χ4n) is 1.96. The van der Waals surface area contributed by atoms with E-state index in [1.54, 1.807) is 13.0 Å². The second kappa shape index (κ2) is 5.71. The lowest BCUT2D eigenvalue weighted by Crippen LogP contribution is -2.00. The number of hydrogen-bond acceptors (Lipinski definition) is 0. The summed E-state index contributed by atoms with van der Waals surface area (Å²) in [7, 11) is 0. The van der Waals surface area contributed by atoms with Gasteiger partial charge in [-0.1, -0.05) is 37.9 Å². The maximum Gasteiger partial charge on any atom is 0.130 e. The zero-order valence-corrected chi connectivity index (χ0v) is 13.6. The molecule has 0 saturated carbocycles. The van der Waals surface area contributed by atoms with Crippen molar-refractivity contribution < 1.29 is 8.78 Å². The van der Waals surface area contributed by atoms with Crippen LogP contribution >= 0.6 is 31.9 Å². The molecule has 0 aliphatic rings. The van der Waals surface area contributed by atoms with Crippen molar-refractivity contribution in [2.45, 2.75) is 18.7 Å². The van der Waals surface area contributed by atoms with Crippen LogP contribution in [0.3, 0.4) is 0 Å². The van der Waals surface area contributed by atoms with Crippen LogP contribution in [0.4, 0.5) is 8.78 Å².